The molecule has 0 fully saturated rings. The molecule has 4 heterocycles. The number of hydrogen-bond acceptors (Lipinski definition) is 7. The molecule has 0 saturated heterocycles. The molecule has 0 amide bonds. The van der Waals surface area contributed by atoms with Crippen molar-refractivity contribution in [3.63, 3.8) is 0 Å². The van der Waals surface area contributed by atoms with E-state index in [0.717, 1.165) is 22.3 Å². The lowest BCUT2D eigenvalue weighted by molar-refractivity contribution is 0.0968. The van der Waals surface area contributed by atoms with E-state index in [1.54, 1.807) is 37.1 Å². The molecule has 0 bridgehead atoms. The molecule has 0 spiro atoms. The number of H-pyrrole nitrogens is 1. The topological polar surface area (TPSA) is 117 Å². The van der Waals surface area contributed by atoms with Gasteiger partial charge in [-0.2, -0.15) is 5.10 Å². The Morgan fingerprint density at radius 2 is 1.91 bits per heavy atom. The van der Waals surface area contributed by atoms with Crippen LogP contribution in [-0.4, -0.2) is 46.9 Å². The molecule has 5 rings (SSSR count). The summed E-state index contributed by atoms with van der Waals surface area (Å²) in [6, 6.07) is 9.54. The highest BCUT2D eigenvalue weighted by Gasteiger charge is 2.30. The summed E-state index contributed by atoms with van der Waals surface area (Å²) >= 11 is 0. The van der Waals surface area contributed by atoms with E-state index in [9.17, 15) is 5.11 Å². The zero-order valence-electron chi connectivity index (χ0n) is 18.8. The van der Waals surface area contributed by atoms with E-state index in [-0.39, 0.29) is 0 Å². The Morgan fingerprint density at radius 1 is 1.09 bits per heavy atom. The molecule has 9 heteroatoms. The van der Waals surface area contributed by atoms with Crippen molar-refractivity contribution in [3.05, 3.63) is 71.9 Å². The number of aliphatic hydroxyl groups is 1. The summed E-state index contributed by atoms with van der Waals surface area (Å²) in [6.45, 7) is 3.72. The van der Waals surface area contributed by atoms with Gasteiger partial charge in [-0.05, 0) is 31.0 Å². The van der Waals surface area contributed by atoms with Gasteiger partial charge in [0.25, 0.3) is 0 Å². The monoisotopic (exact) mass is 440 g/mol. The Kier molecular flexibility index (Phi) is 4.90. The van der Waals surface area contributed by atoms with Crippen molar-refractivity contribution in [2.75, 3.05) is 12.4 Å². The van der Waals surface area contributed by atoms with Crippen molar-refractivity contribution in [2.24, 2.45) is 7.05 Å². The maximum atomic E-state index is 11.5. The molecule has 9 nitrogen and oxygen atoms in total. The van der Waals surface area contributed by atoms with Crippen LogP contribution >= 0.6 is 0 Å². The first-order valence-corrected chi connectivity index (χ1v) is 10.6. The number of aryl methyl sites for hydroxylation is 2. The van der Waals surface area contributed by atoms with Gasteiger partial charge in [0, 0.05) is 37.6 Å². The number of nitrogens with one attached hydrogen (secondary N) is 2. The molecule has 4 aromatic heterocycles. The van der Waals surface area contributed by atoms with Crippen LogP contribution in [0.4, 0.5) is 5.95 Å². The number of nitrogens with zero attached hydrogens (tertiary/aromatic N) is 6. The van der Waals surface area contributed by atoms with E-state index in [4.69, 9.17) is 4.98 Å². The SMILES string of the molecule is CNc1nc(-c2c[nH]c3ncc(-c4cnn(C)c4)nc23)cc(C(C)(O)c2ccccc2C)n1. The highest BCUT2D eigenvalue weighted by Crippen LogP contribution is 2.34. The van der Waals surface area contributed by atoms with Crippen LogP contribution in [0.2, 0.25) is 0 Å². The lowest BCUT2D eigenvalue weighted by Crippen LogP contribution is -2.26. The molecule has 33 heavy (non-hydrogen) atoms. The average Bonchev–Trinajstić information content (AvgIpc) is 3.44. The van der Waals surface area contributed by atoms with E-state index < -0.39 is 5.60 Å². The maximum Gasteiger partial charge on any atom is 0.223 e. The molecule has 5 aromatic rings. The minimum Gasteiger partial charge on any atom is -0.379 e. The molecule has 166 valence electrons. The Morgan fingerprint density at radius 3 is 2.64 bits per heavy atom. The third-order valence-corrected chi connectivity index (χ3v) is 5.78. The van der Waals surface area contributed by atoms with Crippen molar-refractivity contribution in [1.82, 2.24) is 34.7 Å². The molecule has 0 saturated carbocycles. The predicted octanol–water partition coefficient (Wildman–Crippen LogP) is 3.42. The molecule has 1 atom stereocenters. The van der Waals surface area contributed by atoms with E-state index >= 15 is 0 Å². The number of fused-ring (bicyclic) bond motifs is 1. The third-order valence-electron chi connectivity index (χ3n) is 5.78. The minimum absolute atomic E-state index is 0.405. The van der Waals surface area contributed by atoms with E-state index in [1.165, 1.54) is 0 Å². The average molecular weight is 441 g/mol. The second kappa shape index (κ2) is 7.79. The van der Waals surface area contributed by atoms with Gasteiger partial charge in [0.1, 0.15) is 11.1 Å². The van der Waals surface area contributed by atoms with Crippen LogP contribution in [0.25, 0.3) is 33.7 Å². The van der Waals surface area contributed by atoms with Crippen LogP contribution in [0, 0.1) is 6.92 Å². The largest absolute Gasteiger partial charge is 0.379 e. The maximum absolute atomic E-state index is 11.5. The van der Waals surface area contributed by atoms with Crippen molar-refractivity contribution >= 4 is 17.1 Å². The molecule has 3 N–H and O–H groups in total. The van der Waals surface area contributed by atoms with E-state index in [1.807, 2.05) is 50.6 Å². The van der Waals surface area contributed by atoms with E-state index in [2.05, 4.69) is 30.4 Å². The van der Waals surface area contributed by atoms with Crippen molar-refractivity contribution < 1.29 is 5.11 Å². The van der Waals surface area contributed by atoms with Gasteiger partial charge < -0.3 is 15.4 Å². The smallest absolute Gasteiger partial charge is 0.223 e. The lowest BCUT2D eigenvalue weighted by Gasteiger charge is -2.26. The minimum atomic E-state index is -1.31. The Balaban J connectivity index is 1.66. The van der Waals surface area contributed by atoms with Crippen LogP contribution in [0.5, 0.6) is 0 Å². The first-order valence-electron chi connectivity index (χ1n) is 10.6. The predicted molar refractivity (Wildman–Crippen MR) is 127 cm³/mol. The van der Waals surface area contributed by atoms with Gasteiger partial charge >= 0.3 is 0 Å². The molecule has 1 unspecified atom stereocenters. The molecular formula is C24H24N8O. The molecule has 0 aliphatic heterocycles. The summed E-state index contributed by atoms with van der Waals surface area (Å²) in [5.41, 5.74) is 5.25. The normalized spacial score (nSPS) is 13.2. The summed E-state index contributed by atoms with van der Waals surface area (Å²) in [5.74, 6) is 0.405. The Bertz CT molecular complexity index is 1470. The summed E-state index contributed by atoms with van der Waals surface area (Å²) < 4.78 is 1.72. The van der Waals surface area contributed by atoms with Gasteiger partial charge in [-0.1, -0.05) is 24.3 Å². The first kappa shape index (κ1) is 20.8. The van der Waals surface area contributed by atoms with E-state index in [0.29, 0.717) is 34.2 Å². The molecular weight excluding hydrogens is 416 g/mol. The standard InChI is InChI=1S/C24H24N8O/c1-14-7-5-6-8-17(14)24(2,33)20-9-18(30-23(25-3)31-20)16-11-26-22-21(16)29-19(12-27-22)15-10-28-32(4)13-15/h5-13,33H,1-4H3,(H,26,27)(H,25,30,31). The van der Waals surface area contributed by atoms with Gasteiger partial charge in [-0.3, -0.25) is 4.68 Å². The Labute approximate surface area is 190 Å². The summed E-state index contributed by atoms with van der Waals surface area (Å²) in [5, 5.41) is 18.8. The highest BCUT2D eigenvalue weighted by molar-refractivity contribution is 5.90. The van der Waals surface area contributed by atoms with Crippen molar-refractivity contribution in [1.29, 1.82) is 0 Å². The van der Waals surface area contributed by atoms with Crippen LogP contribution in [0.1, 0.15) is 23.7 Å². The first-order chi connectivity index (χ1) is 15.9. The molecule has 0 radical (unpaired) electrons. The molecule has 0 aliphatic carbocycles. The van der Waals surface area contributed by atoms with Crippen LogP contribution in [0.3, 0.4) is 0 Å². The van der Waals surface area contributed by atoms with Gasteiger partial charge in [-0.25, -0.2) is 19.9 Å². The second-order valence-corrected chi connectivity index (χ2v) is 8.16. The zero-order chi connectivity index (χ0) is 23.2. The molecule has 0 aliphatic rings. The van der Waals surface area contributed by atoms with Crippen LogP contribution in [0.15, 0.2) is 55.1 Å². The van der Waals surface area contributed by atoms with Gasteiger partial charge in [-0.15, -0.1) is 0 Å². The quantitative estimate of drug-likeness (QED) is 0.383. The second-order valence-electron chi connectivity index (χ2n) is 8.16. The fraction of sp³-hybridized carbons (Fsp3) is 0.208. The van der Waals surface area contributed by atoms with Crippen LogP contribution in [-0.2, 0) is 12.6 Å². The fourth-order valence-corrected chi connectivity index (χ4v) is 3.98. The summed E-state index contributed by atoms with van der Waals surface area (Å²) in [4.78, 5) is 21.7. The number of hydrogen-bond donors (Lipinski definition) is 3. The van der Waals surface area contributed by atoms with Crippen molar-refractivity contribution in [2.45, 2.75) is 19.4 Å². The number of benzene rings is 1. The fourth-order valence-electron chi connectivity index (χ4n) is 3.98. The van der Waals surface area contributed by atoms with Gasteiger partial charge in [0.2, 0.25) is 5.95 Å². The highest BCUT2D eigenvalue weighted by atomic mass is 16.3. The molecule has 1 aromatic carbocycles. The zero-order valence-corrected chi connectivity index (χ0v) is 18.8. The number of anilines is 1. The number of aromatic nitrogens is 7. The van der Waals surface area contributed by atoms with Gasteiger partial charge in [0.15, 0.2) is 5.65 Å². The number of rotatable bonds is 5. The lowest BCUT2D eigenvalue weighted by atomic mass is 9.88. The summed E-state index contributed by atoms with van der Waals surface area (Å²) in [6.07, 6.45) is 7.19. The number of aromatic amines is 1. The Hall–Kier alpha value is -4.11. The van der Waals surface area contributed by atoms with Crippen molar-refractivity contribution in [3.8, 4) is 22.5 Å². The van der Waals surface area contributed by atoms with Crippen LogP contribution < -0.4 is 5.32 Å². The third kappa shape index (κ3) is 3.62. The summed E-state index contributed by atoms with van der Waals surface area (Å²) in [7, 11) is 3.61. The van der Waals surface area contributed by atoms with Gasteiger partial charge in [0.05, 0.1) is 29.5 Å².